The minimum atomic E-state index is -0.310. The van der Waals surface area contributed by atoms with E-state index in [1.54, 1.807) is 19.2 Å². The average Bonchev–Trinajstić information content (AvgIpc) is 2.29. The lowest BCUT2D eigenvalue weighted by molar-refractivity contribution is 0.415. The third-order valence-electron chi connectivity index (χ3n) is 2.33. The Bertz CT molecular complexity index is 511. The third kappa shape index (κ3) is 2.02. The van der Waals surface area contributed by atoms with Gasteiger partial charge in [0.15, 0.2) is 0 Å². The molecule has 0 aromatic heterocycles. The number of benzene rings is 2. The van der Waals surface area contributed by atoms with Crippen molar-refractivity contribution in [3.05, 3.63) is 53.3 Å². The molecule has 2 rings (SSSR count). The van der Waals surface area contributed by atoms with Crippen molar-refractivity contribution in [2.45, 2.75) is 0 Å². The summed E-state index contributed by atoms with van der Waals surface area (Å²) >= 11 is 6.06. The maximum Gasteiger partial charge on any atom is 0.126 e. The van der Waals surface area contributed by atoms with Crippen molar-refractivity contribution in [1.82, 2.24) is 0 Å². The SMILES string of the molecule is COc1ccc(F)cc1-c1ccccc1Cl. The van der Waals surface area contributed by atoms with E-state index in [0.717, 1.165) is 5.56 Å². The first kappa shape index (κ1) is 11.0. The lowest BCUT2D eigenvalue weighted by Gasteiger charge is -2.09. The van der Waals surface area contributed by atoms with Crippen LogP contribution in [0.5, 0.6) is 5.75 Å². The monoisotopic (exact) mass is 236 g/mol. The molecule has 2 aromatic rings. The van der Waals surface area contributed by atoms with Crippen molar-refractivity contribution in [1.29, 1.82) is 0 Å². The molecule has 0 spiro atoms. The van der Waals surface area contributed by atoms with Crippen molar-refractivity contribution in [2.75, 3.05) is 7.11 Å². The molecule has 16 heavy (non-hydrogen) atoms. The lowest BCUT2D eigenvalue weighted by Crippen LogP contribution is -1.89. The van der Waals surface area contributed by atoms with Gasteiger partial charge in [0, 0.05) is 16.1 Å². The standard InChI is InChI=1S/C13H10ClFO/c1-16-13-7-6-9(15)8-11(13)10-4-2-3-5-12(10)14/h2-8H,1H3. The number of methoxy groups -OCH3 is 1. The fourth-order valence-corrected chi connectivity index (χ4v) is 1.81. The van der Waals surface area contributed by atoms with E-state index in [1.807, 2.05) is 18.2 Å². The minimum Gasteiger partial charge on any atom is -0.496 e. The largest absolute Gasteiger partial charge is 0.496 e. The van der Waals surface area contributed by atoms with E-state index in [-0.39, 0.29) is 5.82 Å². The quantitative estimate of drug-likeness (QED) is 0.761. The number of ether oxygens (including phenoxy) is 1. The van der Waals surface area contributed by atoms with Crippen molar-refractivity contribution in [2.24, 2.45) is 0 Å². The van der Waals surface area contributed by atoms with Gasteiger partial charge >= 0.3 is 0 Å². The molecule has 0 radical (unpaired) electrons. The van der Waals surface area contributed by atoms with Crippen LogP contribution in [0.4, 0.5) is 4.39 Å². The van der Waals surface area contributed by atoms with Gasteiger partial charge in [0.1, 0.15) is 11.6 Å². The summed E-state index contributed by atoms with van der Waals surface area (Å²) in [6.07, 6.45) is 0. The fraction of sp³-hybridized carbons (Fsp3) is 0.0769. The molecule has 2 aromatic carbocycles. The molecule has 0 bridgehead atoms. The molecule has 0 amide bonds. The van der Waals surface area contributed by atoms with Crippen LogP contribution in [0.2, 0.25) is 5.02 Å². The van der Waals surface area contributed by atoms with Crippen LogP contribution in [-0.4, -0.2) is 7.11 Å². The maximum absolute atomic E-state index is 13.2. The van der Waals surface area contributed by atoms with Gasteiger partial charge in [-0.1, -0.05) is 29.8 Å². The van der Waals surface area contributed by atoms with Crippen LogP contribution in [-0.2, 0) is 0 Å². The van der Waals surface area contributed by atoms with Gasteiger partial charge in [0.05, 0.1) is 7.11 Å². The Kier molecular flexibility index (Phi) is 3.11. The van der Waals surface area contributed by atoms with Crippen LogP contribution < -0.4 is 4.74 Å². The molecule has 0 unspecified atom stereocenters. The predicted octanol–water partition coefficient (Wildman–Crippen LogP) is 4.15. The third-order valence-corrected chi connectivity index (χ3v) is 2.66. The first-order chi connectivity index (χ1) is 7.72. The molecule has 0 aliphatic carbocycles. The summed E-state index contributed by atoms with van der Waals surface area (Å²) in [4.78, 5) is 0. The molecule has 3 heteroatoms. The van der Waals surface area contributed by atoms with Gasteiger partial charge in [0.25, 0.3) is 0 Å². The van der Waals surface area contributed by atoms with Gasteiger partial charge in [-0.15, -0.1) is 0 Å². The zero-order chi connectivity index (χ0) is 11.5. The predicted molar refractivity (Wildman–Crippen MR) is 63.4 cm³/mol. The minimum absolute atomic E-state index is 0.310. The molecule has 0 aliphatic heterocycles. The molecule has 0 atom stereocenters. The smallest absolute Gasteiger partial charge is 0.126 e. The first-order valence-electron chi connectivity index (χ1n) is 4.81. The van der Waals surface area contributed by atoms with Gasteiger partial charge in [-0.05, 0) is 24.3 Å². The zero-order valence-corrected chi connectivity index (χ0v) is 9.46. The summed E-state index contributed by atoms with van der Waals surface area (Å²) in [6, 6.07) is 11.7. The highest BCUT2D eigenvalue weighted by Crippen LogP contribution is 2.34. The molecule has 0 saturated heterocycles. The second-order valence-electron chi connectivity index (χ2n) is 3.32. The van der Waals surface area contributed by atoms with Gasteiger partial charge < -0.3 is 4.74 Å². The highest BCUT2D eigenvalue weighted by molar-refractivity contribution is 6.33. The van der Waals surface area contributed by atoms with E-state index < -0.39 is 0 Å². The second-order valence-corrected chi connectivity index (χ2v) is 3.73. The Morgan fingerprint density at radius 3 is 2.50 bits per heavy atom. The van der Waals surface area contributed by atoms with Crippen LogP contribution in [0.25, 0.3) is 11.1 Å². The van der Waals surface area contributed by atoms with Crippen molar-refractivity contribution < 1.29 is 9.13 Å². The van der Waals surface area contributed by atoms with E-state index in [2.05, 4.69) is 0 Å². The van der Waals surface area contributed by atoms with Gasteiger partial charge in [-0.2, -0.15) is 0 Å². The van der Waals surface area contributed by atoms with E-state index in [1.165, 1.54) is 12.1 Å². The van der Waals surface area contributed by atoms with Crippen molar-refractivity contribution in [3.63, 3.8) is 0 Å². The molecular formula is C13H10ClFO. The van der Waals surface area contributed by atoms with Crippen molar-refractivity contribution >= 4 is 11.6 Å². The Hall–Kier alpha value is -1.54. The van der Waals surface area contributed by atoms with Crippen LogP contribution in [0.15, 0.2) is 42.5 Å². The van der Waals surface area contributed by atoms with Crippen LogP contribution in [0, 0.1) is 5.82 Å². The Balaban J connectivity index is 2.63. The average molecular weight is 237 g/mol. The summed E-state index contributed by atoms with van der Waals surface area (Å²) in [5, 5.41) is 0.575. The number of hydrogen-bond acceptors (Lipinski definition) is 1. The molecule has 1 nitrogen and oxygen atoms in total. The fourth-order valence-electron chi connectivity index (χ4n) is 1.57. The first-order valence-corrected chi connectivity index (χ1v) is 5.18. The Morgan fingerprint density at radius 1 is 1.06 bits per heavy atom. The van der Waals surface area contributed by atoms with Crippen LogP contribution in [0.1, 0.15) is 0 Å². The molecular weight excluding hydrogens is 227 g/mol. The Labute approximate surface area is 98.4 Å². The summed E-state index contributed by atoms with van der Waals surface area (Å²) < 4.78 is 18.4. The summed E-state index contributed by atoms with van der Waals surface area (Å²) in [7, 11) is 1.55. The summed E-state index contributed by atoms with van der Waals surface area (Å²) in [5.74, 6) is 0.296. The molecule has 82 valence electrons. The topological polar surface area (TPSA) is 9.23 Å². The van der Waals surface area contributed by atoms with Gasteiger partial charge in [-0.3, -0.25) is 0 Å². The van der Waals surface area contributed by atoms with Crippen LogP contribution in [0.3, 0.4) is 0 Å². The van der Waals surface area contributed by atoms with Gasteiger partial charge in [-0.25, -0.2) is 4.39 Å². The summed E-state index contributed by atoms with van der Waals surface area (Å²) in [6.45, 7) is 0. The summed E-state index contributed by atoms with van der Waals surface area (Å²) in [5.41, 5.74) is 1.42. The molecule has 0 saturated carbocycles. The number of halogens is 2. The molecule has 0 aliphatic rings. The molecule has 0 heterocycles. The number of rotatable bonds is 2. The zero-order valence-electron chi connectivity index (χ0n) is 8.71. The van der Waals surface area contributed by atoms with E-state index >= 15 is 0 Å². The van der Waals surface area contributed by atoms with E-state index in [4.69, 9.17) is 16.3 Å². The maximum atomic E-state index is 13.2. The second kappa shape index (κ2) is 4.54. The van der Waals surface area contributed by atoms with E-state index in [0.29, 0.717) is 16.3 Å². The molecule has 0 N–H and O–H groups in total. The number of hydrogen-bond donors (Lipinski definition) is 0. The van der Waals surface area contributed by atoms with Gasteiger partial charge in [0.2, 0.25) is 0 Å². The van der Waals surface area contributed by atoms with Crippen LogP contribution >= 0.6 is 11.6 Å². The Morgan fingerprint density at radius 2 is 1.81 bits per heavy atom. The normalized spacial score (nSPS) is 10.2. The molecule has 0 fully saturated rings. The van der Waals surface area contributed by atoms with E-state index in [9.17, 15) is 4.39 Å². The van der Waals surface area contributed by atoms with Crippen molar-refractivity contribution in [3.8, 4) is 16.9 Å². The highest BCUT2D eigenvalue weighted by atomic mass is 35.5. The lowest BCUT2D eigenvalue weighted by atomic mass is 10.0. The highest BCUT2D eigenvalue weighted by Gasteiger charge is 2.09.